The van der Waals surface area contributed by atoms with Crippen molar-refractivity contribution in [1.29, 1.82) is 0 Å². The molecule has 116 valence electrons. The summed E-state index contributed by atoms with van der Waals surface area (Å²) in [6.07, 6.45) is 3.68. The number of benzene rings is 1. The van der Waals surface area contributed by atoms with E-state index in [4.69, 9.17) is 0 Å². The molecule has 6 nitrogen and oxygen atoms in total. The van der Waals surface area contributed by atoms with Crippen molar-refractivity contribution in [3.8, 4) is 0 Å². The third-order valence-electron chi connectivity index (χ3n) is 3.50. The van der Waals surface area contributed by atoms with E-state index in [0.29, 0.717) is 6.42 Å². The van der Waals surface area contributed by atoms with Gasteiger partial charge in [0.25, 0.3) is 0 Å². The molecule has 1 amide bonds. The minimum atomic E-state index is -0.920. The summed E-state index contributed by atoms with van der Waals surface area (Å²) in [5.41, 5.74) is 0.935. The Morgan fingerprint density at radius 1 is 1.27 bits per heavy atom. The predicted molar refractivity (Wildman–Crippen MR) is 81.2 cm³/mol. The lowest BCUT2D eigenvalue weighted by Gasteiger charge is -2.16. The van der Waals surface area contributed by atoms with Crippen LogP contribution in [0.2, 0.25) is 0 Å². The number of aliphatic carboxylic acids is 1. The molecule has 2 N–H and O–H groups in total. The summed E-state index contributed by atoms with van der Waals surface area (Å²) in [5, 5.41) is 16.0. The summed E-state index contributed by atoms with van der Waals surface area (Å²) >= 11 is 0. The lowest BCUT2D eigenvalue weighted by Crippen LogP contribution is -2.37. The Morgan fingerprint density at radius 2 is 2.00 bits per heavy atom. The van der Waals surface area contributed by atoms with Crippen LogP contribution in [0.5, 0.6) is 0 Å². The molecular formula is C16H19N3O3. The Balaban J connectivity index is 1.92. The molecule has 0 fully saturated rings. The van der Waals surface area contributed by atoms with Gasteiger partial charge in [-0.3, -0.25) is 14.3 Å². The van der Waals surface area contributed by atoms with E-state index in [0.717, 1.165) is 5.56 Å². The van der Waals surface area contributed by atoms with E-state index in [2.05, 4.69) is 10.4 Å². The van der Waals surface area contributed by atoms with Crippen LogP contribution in [0.3, 0.4) is 0 Å². The van der Waals surface area contributed by atoms with Gasteiger partial charge in [0.05, 0.1) is 5.92 Å². The number of nitrogens with one attached hydrogen (secondary N) is 1. The minimum absolute atomic E-state index is 0.0919. The van der Waals surface area contributed by atoms with Gasteiger partial charge in [0.1, 0.15) is 6.04 Å². The molecule has 0 radical (unpaired) electrons. The zero-order chi connectivity index (χ0) is 15.9. The Labute approximate surface area is 128 Å². The van der Waals surface area contributed by atoms with Crippen molar-refractivity contribution in [1.82, 2.24) is 15.1 Å². The van der Waals surface area contributed by atoms with E-state index in [-0.39, 0.29) is 12.5 Å². The molecule has 2 atom stereocenters. The highest BCUT2D eigenvalue weighted by atomic mass is 16.4. The second-order valence-corrected chi connectivity index (χ2v) is 5.13. The highest BCUT2D eigenvalue weighted by Gasteiger charge is 2.21. The van der Waals surface area contributed by atoms with E-state index in [1.165, 1.54) is 4.68 Å². The average molecular weight is 301 g/mol. The average Bonchev–Trinajstić information content (AvgIpc) is 3.05. The number of carboxylic acids is 1. The molecule has 1 aromatic heterocycles. The van der Waals surface area contributed by atoms with Crippen LogP contribution in [0.25, 0.3) is 0 Å². The molecule has 0 aliphatic carbocycles. The molecule has 0 spiro atoms. The maximum Gasteiger partial charge on any atom is 0.308 e. The summed E-state index contributed by atoms with van der Waals surface area (Å²) in [5.74, 6) is -1.82. The molecule has 0 saturated heterocycles. The number of carbonyl (C=O) groups excluding carboxylic acids is 1. The van der Waals surface area contributed by atoms with E-state index in [1.54, 1.807) is 25.4 Å². The number of carbonyl (C=O) groups is 2. The Morgan fingerprint density at radius 3 is 2.59 bits per heavy atom. The van der Waals surface area contributed by atoms with Gasteiger partial charge in [-0.1, -0.05) is 30.3 Å². The Kier molecular flexibility index (Phi) is 5.30. The number of amides is 1. The van der Waals surface area contributed by atoms with Crippen LogP contribution in [0, 0.1) is 5.92 Å². The number of rotatable bonds is 7. The molecule has 0 aliphatic rings. The summed E-state index contributed by atoms with van der Waals surface area (Å²) in [4.78, 5) is 23.4. The quantitative estimate of drug-likeness (QED) is 0.812. The SMILES string of the molecule is CC(C(=O)NCC(Cc1ccccc1)C(=O)O)n1cccn1. The molecular weight excluding hydrogens is 282 g/mol. The van der Waals surface area contributed by atoms with E-state index >= 15 is 0 Å². The smallest absolute Gasteiger partial charge is 0.308 e. The normalized spacial score (nSPS) is 13.3. The monoisotopic (exact) mass is 301 g/mol. The fourth-order valence-electron chi connectivity index (χ4n) is 2.15. The second-order valence-electron chi connectivity index (χ2n) is 5.13. The van der Waals surface area contributed by atoms with Crippen LogP contribution in [0.15, 0.2) is 48.8 Å². The summed E-state index contributed by atoms with van der Waals surface area (Å²) in [7, 11) is 0. The van der Waals surface area contributed by atoms with Crippen molar-refractivity contribution in [3.63, 3.8) is 0 Å². The van der Waals surface area contributed by atoms with Crippen LogP contribution >= 0.6 is 0 Å². The third kappa shape index (κ3) is 4.18. The molecule has 2 aromatic rings. The first-order valence-corrected chi connectivity index (χ1v) is 7.11. The molecule has 22 heavy (non-hydrogen) atoms. The largest absolute Gasteiger partial charge is 0.481 e. The lowest BCUT2D eigenvalue weighted by molar-refractivity contribution is -0.141. The maximum absolute atomic E-state index is 12.1. The number of nitrogens with zero attached hydrogens (tertiary/aromatic N) is 2. The van der Waals surface area contributed by atoms with Crippen molar-refractivity contribution in [3.05, 3.63) is 54.4 Å². The maximum atomic E-state index is 12.1. The Bertz CT molecular complexity index is 611. The van der Waals surface area contributed by atoms with Crippen molar-refractivity contribution in [2.24, 2.45) is 5.92 Å². The van der Waals surface area contributed by atoms with Gasteiger partial charge in [-0.15, -0.1) is 0 Å². The van der Waals surface area contributed by atoms with E-state index in [9.17, 15) is 14.7 Å². The third-order valence-corrected chi connectivity index (χ3v) is 3.50. The van der Waals surface area contributed by atoms with Gasteiger partial charge in [-0.05, 0) is 25.0 Å². The summed E-state index contributed by atoms with van der Waals surface area (Å²) in [6, 6.07) is 10.6. The summed E-state index contributed by atoms with van der Waals surface area (Å²) in [6.45, 7) is 1.81. The topological polar surface area (TPSA) is 84.2 Å². The fourth-order valence-corrected chi connectivity index (χ4v) is 2.15. The summed E-state index contributed by atoms with van der Waals surface area (Å²) < 4.78 is 1.53. The molecule has 1 aromatic carbocycles. The van der Waals surface area contributed by atoms with Crippen molar-refractivity contribution in [2.45, 2.75) is 19.4 Å². The second kappa shape index (κ2) is 7.40. The number of hydrogen-bond donors (Lipinski definition) is 2. The van der Waals surface area contributed by atoms with Crippen LogP contribution in [0.1, 0.15) is 18.5 Å². The minimum Gasteiger partial charge on any atom is -0.481 e. The van der Waals surface area contributed by atoms with Gasteiger partial charge in [0, 0.05) is 18.9 Å². The molecule has 1 heterocycles. The van der Waals surface area contributed by atoms with Gasteiger partial charge in [-0.25, -0.2) is 0 Å². The van der Waals surface area contributed by atoms with Crippen molar-refractivity contribution in [2.75, 3.05) is 6.54 Å². The molecule has 0 saturated carbocycles. The van der Waals surface area contributed by atoms with Crippen LogP contribution in [0.4, 0.5) is 0 Å². The first-order chi connectivity index (χ1) is 10.6. The fraction of sp³-hybridized carbons (Fsp3) is 0.312. The molecule has 6 heteroatoms. The highest BCUT2D eigenvalue weighted by Crippen LogP contribution is 2.09. The molecule has 0 bridgehead atoms. The van der Waals surface area contributed by atoms with E-state index < -0.39 is 17.9 Å². The highest BCUT2D eigenvalue weighted by molar-refractivity contribution is 5.80. The number of hydrogen-bond acceptors (Lipinski definition) is 3. The van der Waals surface area contributed by atoms with Gasteiger partial charge in [-0.2, -0.15) is 5.10 Å². The van der Waals surface area contributed by atoms with Gasteiger partial charge < -0.3 is 10.4 Å². The van der Waals surface area contributed by atoms with Gasteiger partial charge in [0.15, 0.2) is 0 Å². The molecule has 0 aliphatic heterocycles. The van der Waals surface area contributed by atoms with Crippen LogP contribution in [-0.2, 0) is 16.0 Å². The molecule has 2 rings (SSSR count). The number of aromatic nitrogens is 2. The number of carboxylic acid groups (broad SMARTS) is 1. The van der Waals surface area contributed by atoms with Crippen molar-refractivity contribution < 1.29 is 14.7 Å². The zero-order valence-corrected chi connectivity index (χ0v) is 12.3. The standard InChI is InChI=1S/C16H19N3O3/c1-12(19-9-5-8-18-19)15(20)17-11-14(16(21)22)10-13-6-3-2-4-7-13/h2-9,12,14H,10-11H2,1H3,(H,17,20)(H,21,22). The predicted octanol–water partition coefficient (Wildman–Crippen LogP) is 1.50. The van der Waals surface area contributed by atoms with Crippen LogP contribution < -0.4 is 5.32 Å². The zero-order valence-electron chi connectivity index (χ0n) is 12.3. The first kappa shape index (κ1) is 15.8. The Hall–Kier alpha value is -2.63. The van der Waals surface area contributed by atoms with Crippen molar-refractivity contribution >= 4 is 11.9 Å². The van der Waals surface area contributed by atoms with E-state index in [1.807, 2.05) is 30.3 Å². The van der Waals surface area contributed by atoms with Crippen LogP contribution in [-0.4, -0.2) is 33.3 Å². The molecule has 2 unspecified atom stereocenters. The van der Waals surface area contributed by atoms with Gasteiger partial charge in [0.2, 0.25) is 5.91 Å². The first-order valence-electron chi connectivity index (χ1n) is 7.11. The lowest BCUT2D eigenvalue weighted by atomic mass is 9.99. The van der Waals surface area contributed by atoms with Gasteiger partial charge >= 0.3 is 5.97 Å².